The van der Waals surface area contributed by atoms with Crippen molar-refractivity contribution < 1.29 is 0 Å². The smallest absolute Gasteiger partial charge is 0.128 e. The fourth-order valence-electron chi connectivity index (χ4n) is 1.44. The number of nitrogens with zero attached hydrogens (tertiary/aromatic N) is 2. The molecule has 0 aromatic carbocycles. The van der Waals surface area contributed by atoms with E-state index in [1.807, 2.05) is 32.2 Å². The molecule has 0 radical (unpaired) electrons. The van der Waals surface area contributed by atoms with E-state index in [4.69, 9.17) is 0 Å². The first-order valence-corrected chi connectivity index (χ1v) is 5.74. The molecule has 0 amide bonds. The van der Waals surface area contributed by atoms with Gasteiger partial charge in [0.05, 0.1) is 0 Å². The van der Waals surface area contributed by atoms with E-state index in [0.717, 1.165) is 37.7 Å². The van der Waals surface area contributed by atoms with E-state index in [0.29, 0.717) is 0 Å². The van der Waals surface area contributed by atoms with Crippen molar-refractivity contribution >= 4 is 5.82 Å². The van der Waals surface area contributed by atoms with Gasteiger partial charge in [-0.1, -0.05) is 6.07 Å². The summed E-state index contributed by atoms with van der Waals surface area (Å²) >= 11 is 0. The molecule has 1 aromatic rings. The Morgan fingerprint density at radius 3 is 2.75 bits per heavy atom. The molecule has 0 unspecified atom stereocenters. The summed E-state index contributed by atoms with van der Waals surface area (Å²) in [6, 6.07) is 6.10. The number of aromatic nitrogens is 1. The van der Waals surface area contributed by atoms with Gasteiger partial charge in [0.15, 0.2) is 0 Å². The van der Waals surface area contributed by atoms with Gasteiger partial charge < -0.3 is 15.5 Å². The summed E-state index contributed by atoms with van der Waals surface area (Å²) in [6.07, 6.45) is 0. The van der Waals surface area contributed by atoms with Crippen LogP contribution < -0.4 is 15.5 Å². The Hall–Kier alpha value is -1.13. The van der Waals surface area contributed by atoms with Gasteiger partial charge in [-0.15, -0.1) is 0 Å². The average molecular weight is 222 g/mol. The van der Waals surface area contributed by atoms with E-state index in [1.165, 1.54) is 0 Å². The molecule has 0 spiro atoms. The van der Waals surface area contributed by atoms with E-state index >= 15 is 0 Å². The molecule has 0 aliphatic carbocycles. The Morgan fingerprint density at radius 1 is 1.25 bits per heavy atom. The molecule has 0 aliphatic heterocycles. The van der Waals surface area contributed by atoms with Crippen molar-refractivity contribution in [1.29, 1.82) is 0 Å². The third kappa shape index (κ3) is 4.59. The van der Waals surface area contributed by atoms with Gasteiger partial charge in [0.2, 0.25) is 0 Å². The van der Waals surface area contributed by atoms with Crippen LogP contribution in [0.25, 0.3) is 0 Å². The maximum Gasteiger partial charge on any atom is 0.128 e. The van der Waals surface area contributed by atoms with Crippen molar-refractivity contribution in [3.05, 3.63) is 23.9 Å². The van der Waals surface area contributed by atoms with Crippen molar-refractivity contribution in [2.24, 2.45) is 0 Å². The van der Waals surface area contributed by atoms with Gasteiger partial charge in [0, 0.05) is 38.9 Å². The number of pyridine rings is 1. The van der Waals surface area contributed by atoms with Crippen LogP contribution in [0.3, 0.4) is 0 Å². The summed E-state index contributed by atoms with van der Waals surface area (Å²) in [7, 11) is 4.03. The maximum atomic E-state index is 4.47. The van der Waals surface area contributed by atoms with Crippen molar-refractivity contribution in [2.45, 2.75) is 6.92 Å². The quantitative estimate of drug-likeness (QED) is 0.664. The summed E-state index contributed by atoms with van der Waals surface area (Å²) in [5.41, 5.74) is 1.06. The van der Waals surface area contributed by atoms with Crippen LogP contribution in [0.5, 0.6) is 0 Å². The van der Waals surface area contributed by atoms with Crippen LogP contribution in [-0.4, -0.2) is 45.3 Å². The average Bonchev–Trinajstić information content (AvgIpc) is 2.28. The number of anilines is 1. The predicted octanol–water partition coefficient (Wildman–Crippen LogP) is 0.635. The Kier molecular flexibility index (Phi) is 5.82. The Morgan fingerprint density at radius 2 is 2.06 bits per heavy atom. The molecule has 90 valence electrons. The van der Waals surface area contributed by atoms with Gasteiger partial charge >= 0.3 is 0 Å². The van der Waals surface area contributed by atoms with E-state index in [-0.39, 0.29) is 0 Å². The number of hydrogen-bond donors (Lipinski definition) is 2. The zero-order valence-corrected chi connectivity index (χ0v) is 10.5. The minimum atomic E-state index is 0.972. The molecule has 2 N–H and O–H groups in total. The van der Waals surface area contributed by atoms with Crippen LogP contribution in [0.2, 0.25) is 0 Å². The van der Waals surface area contributed by atoms with Crippen molar-refractivity contribution in [3.8, 4) is 0 Å². The first-order valence-electron chi connectivity index (χ1n) is 5.74. The number of nitrogens with one attached hydrogen (secondary N) is 2. The lowest BCUT2D eigenvalue weighted by atomic mass is 10.3. The number of aryl methyl sites for hydroxylation is 1. The van der Waals surface area contributed by atoms with E-state index in [1.54, 1.807) is 0 Å². The highest BCUT2D eigenvalue weighted by atomic mass is 15.2. The summed E-state index contributed by atoms with van der Waals surface area (Å²) in [5.74, 6) is 1.04. The zero-order valence-electron chi connectivity index (χ0n) is 10.5. The molecule has 0 aliphatic rings. The first-order chi connectivity index (χ1) is 7.74. The summed E-state index contributed by atoms with van der Waals surface area (Å²) in [4.78, 5) is 6.64. The highest BCUT2D eigenvalue weighted by molar-refractivity contribution is 5.37. The Bertz CT molecular complexity index is 301. The van der Waals surface area contributed by atoms with Crippen LogP contribution in [-0.2, 0) is 0 Å². The number of rotatable bonds is 7. The monoisotopic (exact) mass is 222 g/mol. The predicted molar refractivity (Wildman–Crippen MR) is 69.0 cm³/mol. The molecule has 4 heteroatoms. The van der Waals surface area contributed by atoms with Gasteiger partial charge in [0.25, 0.3) is 0 Å². The van der Waals surface area contributed by atoms with Crippen LogP contribution in [0.4, 0.5) is 5.82 Å². The van der Waals surface area contributed by atoms with E-state index in [2.05, 4.69) is 27.6 Å². The van der Waals surface area contributed by atoms with Gasteiger partial charge in [-0.2, -0.15) is 0 Å². The van der Waals surface area contributed by atoms with Crippen molar-refractivity contribution in [2.75, 3.05) is 45.2 Å². The second kappa shape index (κ2) is 7.19. The van der Waals surface area contributed by atoms with Gasteiger partial charge in [-0.3, -0.25) is 0 Å². The third-order valence-corrected chi connectivity index (χ3v) is 2.44. The van der Waals surface area contributed by atoms with Crippen molar-refractivity contribution in [1.82, 2.24) is 15.6 Å². The highest BCUT2D eigenvalue weighted by Crippen LogP contribution is 2.07. The summed E-state index contributed by atoms with van der Waals surface area (Å²) in [5, 5.41) is 6.48. The highest BCUT2D eigenvalue weighted by Gasteiger charge is 2.00. The molecule has 1 rings (SSSR count). The number of likely N-dealkylation sites (N-methyl/N-ethyl adjacent to an activating group) is 2. The fraction of sp³-hybridized carbons (Fsp3) is 0.583. The molecular formula is C12H22N4. The minimum Gasteiger partial charge on any atom is -0.358 e. The Balaban J connectivity index is 2.27. The lowest BCUT2D eigenvalue weighted by molar-refractivity contribution is 0.644. The molecular weight excluding hydrogens is 200 g/mol. The van der Waals surface area contributed by atoms with E-state index in [9.17, 15) is 0 Å². The van der Waals surface area contributed by atoms with E-state index < -0.39 is 0 Å². The molecule has 4 nitrogen and oxygen atoms in total. The van der Waals surface area contributed by atoms with Crippen LogP contribution in [0, 0.1) is 6.92 Å². The Labute approximate surface area is 98.1 Å². The normalized spacial score (nSPS) is 10.4. The molecule has 0 fully saturated rings. The van der Waals surface area contributed by atoms with Crippen LogP contribution in [0.1, 0.15) is 5.69 Å². The minimum absolute atomic E-state index is 0.972. The maximum absolute atomic E-state index is 4.47. The largest absolute Gasteiger partial charge is 0.358 e. The topological polar surface area (TPSA) is 40.2 Å². The molecule has 0 saturated heterocycles. The number of hydrogen-bond acceptors (Lipinski definition) is 4. The molecule has 0 saturated carbocycles. The molecule has 16 heavy (non-hydrogen) atoms. The van der Waals surface area contributed by atoms with Gasteiger partial charge in [-0.25, -0.2) is 4.98 Å². The zero-order chi connectivity index (χ0) is 11.8. The van der Waals surface area contributed by atoms with Gasteiger partial charge in [0.1, 0.15) is 5.82 Å². The molecule has 1 heterocycles. The standard InChI is InChI=1S/C12H22N4/c1-11-5-4-6-12(15-11)16(3)10-9-14-8-7-13-2/h4-6,13-14H,7-10H2,1-3H3. The van der Waals surface area contributed by atoms with Crippen LogP contribution >= 0.6 is 0 Å². The molecule has 0 atom stereocenters. The van der Waals surface area contributed by atoms with Crippen LogP contribution in [0.15, 0.2) is 18.2 Å². The lowest BCUT2D eigenvalue weighted by Gasteiger charge is -2.18. The fourth-order valence-corrected chi connectivity index (χ4v) is 1.44. The van der Waals surface area contributed by atoms with Gasteiger partial charge in [-0.05, 0) is 26.1 Å². The summed E-state index contributed by atoms with van der Waals surface area (Å²) < 4.78 is 0. The molecule has 0 bridgehead atoms. The second-order valence-electron chi connectivity index (χ2n) is 3.91. The molecule has 1 aromatic heterocycles. The lowest BCUT2D eigenvalue weighted by Crippen LogP contribution is -2.33. The van der Waals surface area contributed by atoms with Crippen molar-refractivity contribution in [3.63, 3.8) is 0 Å². The second-order valence-corrected chi connectivity index (χ2v) is 3.91. The first kappa shape index (κ1) is 12.9. The third-order valence-electron chi connectivity index (χ3n) is 2.44. The summed E-state index contributed by atoms with van der Waals surface area (Å²) in [6.45, 7) is 5.98. The SMILES string of the molecule is CNCCNCCN(C)c1cccc(C)n1.